The average molecular weight is 446 g/mol. The average Bonchev–Trinajstić information content (AvgIpc) is 2.95. The lowest BCUT2D eigenvalue weighted by Crippen LogP contribution is -2.43. The Hall–Kier alpha value is -2.18. The molecule has 3 rings (SSSR count). The van der Waals surface area contributed by atoms with Crippen molar-refractivity contribution in [3.63, 3.8) is 0 Å². The SMILES string of the molecule is O=c1ccn([C@@H]2O[C@H](COP(=O)(O)O)[C@H](O)[C@@H]2O)c(=O)n1CCc1ccccc1F. The van der Waals surface area contributed by atoms with Gasteiger partial charge in [-0.2, -0.15) is 0 Å². The van der Waals surface area contributed by atoms with E-state index in [1.807, 2.05) is 0 Å². The van der Waals surface area contributed by atoms with Crippen LogP contribution < -0.4 is 11.2 Å². The molecule has 164 valence electrons. The zero-order valence-corrected chi connectivity index (χ0v) is 16.3. The zero-order chi connectivity index (χ0) is 22.1. The van der Waals surface area contributed by atoms with Gasteiger partial charge in [0.25, 0.3) is 5.56 Å². The molecular weight excluding hydrogens is 426 g/mol. The predicted octanol–water partition coefficient (Wildman–Crippen LogP) is -0.880. The molecule has 0 aliphatic carbocycles. The molecule has 1 aromatic carbocycles. The summed E-state index contributed by atoms with van der Waals surface area (Å²) in [6, 6.07) is 6.95. The number of ether oxygens (including phenoxy) is 1. The Labute approximate surface area is 168 Å². The minimum absolute atomic E-state index is 0.0568. The molecule has 30 heavy (non-hydrogen) atoms. The van der Waals surface area contributed by atoms with Gasteiger partial charge in [0.2, 0.25) is 0 Å². The number of aromatic nitrogens is 2. The number of hydrogen-bond donors (Lipinski definition) is 4. The van der Waals surface area contributed by atoms with Crippen molar-refractivity contribution < 1.29 is 38.2 Å². The first-order valence-electron chi connectivity index (χ1n) is 8.85. The van der Waals surface area contributed by atoms with Crippen LogP contribution in [0.4, 0.5) is 4.39 Å². The number of phosphoric ester groups is 1. The predicted molar refractivity (Wildman–Crippen MR) is 99.0 cm³/mol. The van der Waals surface area contributed by atoms with E-state index in [1.165, 1.54) is 18.2 Å². The van der Waals surface area contributed by atoms with Gasteiger partial charge in [-0.15, -0.1) is 0 Å². The maximum atomic E-state index is 13.8. The standard InChI is InChI=1S/C17H20FN2O9P/c18-11-4-2-1-3-10(11)5-7-19-13(21)6-8-20(17(19)24)16-15(23)14(22)12(29-16)9-28-30(25,26)27/h1-4,6,8,12,14-16,22-23H,5,7,9H2,(H2,25,26,27)/t12-,14+,15+,16-/m1/s1. The third-order valence-corrected chi connectivity index (χ3v) is 5.16. The van der Waals surface area contributed by atoms with Crippen LogP contribution in [0.15, 0.2) is 46.1 Å². The van der Waals surface area contributed by atoms with Gasteiger partial charge in [-0.1, -0.05) is 18.2 Å². The van der Waals surface area contributed by atoms with Gasteiger partial charge in [0.15, 0.2) is 6.23 Å². The molecular formula is C17H20FN2O9P. The molecule has 4 N–H and O–H groups in total. The molecule has 0 radical (unpaired) electrons. The molecule has 0 unspecified atom stereocenters. The van der Waals surface area contributed by atoms with Crippen molar-refractivity contribution in [3.8, 4) is 0 Å². The molecule has 0 spiro atoms. The Morgan fingerprint density at radius 2 is 1.83 bits per heavy atom. The second-order valence-electron chi connectivity index (χ2n) is 6.67. The van der Waals surface area contributed by atoms with E-state index >= 15 is 0 Å². The highest BCUT2D eigenvalue weighted by molar-refractivity contribution is 7.46. The second-order valence-corrected chi connectivity index (χ2v) is 7.91. The van der Waals surface area contributed by atoms with Crippen LogP contribution in [0.3, 0.4) is 0 Å². The van der Waals surface area contributed by atoms with Crippen molar-refractivity contribution in [2.45, 2.75) is 37.5 Å². The zero-order valence-electron chi connectivity index (χ0n) is 15.4. The van der Waals surface area contributed by atoms with Gasteiger partial charge in [0.05, 0.1) is 6.61 Å². The molecule has 13 heteroatoms. The minimum atomic E-state index is -4.84. The van der Waals surface area contributed by atoms with Gasteiger partial charge in [-0.25, -0.2) is 13.8 Å². The topological polar surface area (TPSA) is 160 Å². The molecule has 11 nitrogen and oxygen atoms in total. The van der Waals surface area contributed by atoms with E-state index in [0.29, 0.717) is 5.56 Å². The van der Waals surface area contributed by atoms with Crippen molar-refractivity contribution in [1.82, 2.24) is 9.13 Å². The lowest BCUT2D eigenvalue weighted by Gasteiger charge is -2.19. The smallest absolute Gasteiger partial charge is 0.387 e. The Morgan fingerprint density at radius 3 is 2.50 bits per heavy atom. The molecule has 1 aliphatic rings. The number of aliphatic hydroxyl groups excluding tert-OH is 2. The van der Waals surface area contributed by atoms with Gasteiger partial charge in [-0.05, 0) is 18.1 Å². The molecule has 2 aromatic rings. The largest absolute Gasteiger partial charge is 0.469 e. The quantitative estimate of drug-likeness (QED) is 0.396. The van der Waals surface area contributed by atoms with Crippen LogP contribution >= 0.6 is 7.82 Å². The number of aliphatic hydroxyl groups is 2. The summed E-state index contributed by atoms with van der Waals surface area (Å²) in [7, 11) is -4.84. The molecule has 0 amide bonds. The molecule has 4 atom stereocenters. The number of benzene rings is 1. The fourth-order valence-electron chi connectivity index (χ4n) is 3.13. The van der Waals surface area contributed by atoms with Crippen molar-refractivity contribution in [1.29, 1.82) is 0 Å². The van der Waals surface area contributed by atoms with Crippen LogP contribution in [0.5, 0.6) is 0 Å². The van der Waals surface area contributed by atoms with E-state index in [1.54, 1.807) is 6.07 Å². The van der Waals surface area contributed by atoms with Gasteiger partial charge >= 0.3 is 13.5 Å². The third kappa shape index (κ3) is 4.93. The number of nitrogens with zero attached hydrogens (tertiary/aromatic N) is 2. The lowest BCUT2D eigenvalue weighted by molar-refractivity contribution is -0.0548. The summed E-state index contributed by atoms with van der Waals surface area (Å²) in [5.41, 5.74) is -1.21. The molecule has 2 heterocycles. The third-order valence-electron chi connectivity index (χ3n) is 4.68. The second kappa shape index (κ2) is 8.90. The molecule has 1 saturated heterocycles. The highest BCUT2D eigenvalue weighted by Gasteiger charge is 2.45. The lowest BCUT2D eigenvalue weighted by atomic mass is 10.1. The van der Waals surface area contributed by atoms with Crippen LogP contribution in [0.1, 0.15) is 11.8 Å². The minimum Gasteiger partial charge on any atom is -0.387 e. The summed E-state index contributed by atoms with van der Waals surface area (Å²) < 4.78 is 35.9. The number of phosphoric acid groups is 1. The summed E-state index contributed by atoms with van der Waals surface area (Å²) in [4.78, 5) is 42.4. The van der Waals surface area contributed by atoms with Crippen LogP contribution in [0, 0.1) is 5.82 Å². The highest BCUT2D eigenvalue weighted by atomic mass is 31.2. The number of halogens is 1. The Morgan fingerprint density at radius 1 is 1.13 bits per heavy atom. The summed E-state index contributed by atoms with van der Waals surface area (Å²) in [5, 5.41) is 20.3. The molecule has 1 fully saturated rings. The van der Waals surface area contributed by atoms with E-state index in [9.17, 15) is 28.8 Å². The molecule has 0 bridgehead atoms. The van der Waals surface area contributed by atoms with Gasteiger partial charge in [0, 0.05) is 18.8 Å². The number of rotatable bonds is 7. The first-order chi connectivity index (χ1) is 14.1. The summed E-state index contributed by atoms with van der Waals surface area (Å²) in [6.07, 6.45) is -4.88. The highest BCUT2D eigenvalue weighted by Crippen LogP contribution is 2.38. The molecule has 0 saturated carbocycles. The summed E-state index contributed by atoms with van der Waals surface area (Å²) in [6.45, 7) is -0.879. The maximum absolute atomic E-state index is 13.8. The monoisotopic (exact) mass is 446 g/mol. The summed E-state index contributed by atoms with van der Waals surface area (Å²) >= 11 is 0. The van der Waals surface area contributed by atoms with E-state index < -0.39 is 56.0 Å². The van der Waals surface area contributed by atoms with Crippen molar-refractivity contribution in [2.75, 3.05) is 6.61 Å². The van der Waals surface area contributed by atoms with E-state index in [-0.39, 0.29) is 13.0 Å². The van der Waals surface area contributed by atoms with Crippen LogP contribution in [-0.4, -0.2) is 54.1 Å². The summed E-state index contributed by atoms with van der Waals surface area (Å²) in [5.74, 6) is -0.479. The van der Waals surface area contributed by atoms with E-state index in [2.05, 4.69) is 4.52 Å². The first-order valence-corrected chi connectivity index (χ1v) is 10.4. The number of aryl methyl sites for hydroxylation is 1. The van der Waals surface area contributed by atoms with E-state index in [0.717, 1.165) is 21.4 Å². The van der Waals surface area contributed by atoms with Crippen molar-refractivity contribution >= 4 is 7.82 Å². The molecule has 1 aromatic heterocycles. The fourth-order valence-corrected chi connectivity index (χ4v) is 3.47. The van der Waals surface area contributed by atoms with Crippen LogP contribution in [-0.2, 0) is 26.8 Å². The fraction of sp³-hybridized carbons (Fsp3) is 0.412. The van der Waals surface area contributed by atoms with Gasteiger partial charge < -0.3 is 24.7 Å². The Bertz CT molecular complexity index is 1070. The van der Waals surface area contributed by atoms with Gasteiger partial charge in [0.1, 0.15) is 24.1 Å². The van der Waals surface area contributed by atoms with Crippen LogP contribution in [0.25, 0.3) is 0 Å². The molecule has 1 aliphatic heterocycles. The van der Waals surface area contributed by atoms with Gasteiger partial charge in [-0.3, -0.25) is 18.5 Å². The normalized spacial score (nSPS) is 24.3. The van der Waals surface area contributed by atoms with E-state index in [4.69, 9.17) is 14.5 Å². The van der Waals surface area contributed by atoms with Crippen molar-refractivity contribution in [3.05, 3.63) is 68.7 Å². The number of hydrogen-bond acceptors (Lipinski definition) is 7. The Kier molecular flexibility index (Phi) is 6.68. The Balaban J connectivity index is 1.82. The van der Waals surface area contributed by atoms with Crippen molar-refractivity contribution in [2.24, 2.45) is 0 Å². The maximum Gasteiger partial charge on any atom is 0.469 e. The van der Waals surface area contributed by atoms with Crippen LogP contribution in [0.2, 0.25) is 0 Å². The first kappa shape index (κ1) is 22.5.